The summed E-state index contributed by atoms with van der Waals surface area (Å²) in [6, 6.07) is 10.4. The lowest BCUT2D eigenvalue weighted by Gasteiger charge is -2.26. The van der Waals surface area contributed by atoms with Crippen LogP contribution in [0, 0.1) is 11.8 Å². The van der Waals surface area contributed by atoms with E-state index in [4.69, 9.17) is 4.74 Å². The standard InChI is InChI=1S/C17H26O/c1-13(2)11-15(5)17(14(3)4)18-12-16-9-7-6-8-10-16/h6-11,14-15,17H,12H2,1-5H3/t15-,17-/m0/s1. The average Bonchev–Trinajstić information content (AvgIpc) is 2.29. The maximum absolute atomic E-state index is 6.11. The number of rotatable bonds is 6. The molecule has 1 rings (SSSR count). The lowest BCUT2D eigenvalue weighted by molar-refractivity contribution is -0.0118. The second kappa shape index (κ2) is 7.38. The van der Waals surface area contributed by atoms with Gasteiger partial charge in [-0.15, -0.1) is 0 Å². The Kier molecular flexibility index (Phi) is 6.14. The van der Waals surface area contributed by atoms with Crippen LogP contribution in [0.4, 0.5) is 0 Å². The SMILES string of the molecule is CC(C)=C[C@H](C)[C@@H](OCc1ccccc1)C(C)C. The molecule has 0 unspecified atom stereocenters. The van der Waals surface area contributed by atoms with E-state index in [1.165, 1.54) is 11.1 Å². The largest absolute Gasteiger partial charge is 0.373 e. The topological polar surface area (TPSA) is 9.23 Å². The normalized spacial score (nSPS) is 14.3. The highest BCUT2D eigenvalue weighted by molar-refractivity contribution is 5.13. The van der Waals surface area contributed by atoms with Gasteiger partial charge in [0.1, 0.15) is 0 Å². The molecule has 0 spiro atoms. The molecule has 0 N–H and O–H groups in total. The Morgan fingerprint density at radius 3 is 2.22 bits per heavy atom. The zero-order chi connectivity index (χ0) is 13.5. The van der Waals surface area contributed by atoms with Gasteiger partial charge >= 0.3 is 0 Å². The maximum atomic E-state index is 6.11. The molecule has 0 bridgehead atoms. The van der Waals surface area contributed by atoms with Crippen LogP contribution < -0.4 is 0 Å². The van der Waals surface area contributed by atoms with Crippen molar-refractivity contribution in [3.63, 3.8) is 0 Å². The summed E-state index contributed by atoms with van der Waals surface area (Å²) in [6.07, 6.45) is 2.58. The van der Waals surface area contributed by atoms with Gasteiger partial charge in [0.15, 0.2) is 0 Å². The van der Waals surface area contributed by atoms with Crippen LogP contribution in [0.15, 0.2) is 42.0 Å². The first-order valence-electron chi connectivity index (χ1n) is 6.81. The van der Waals surface area contributed by atoms with Crippen LogP contribution in [0.3, 0.4) is 0 Å². The fraction of sp³-hybridized carbons (Fsp3) is 0.529. The molecule has 1 aromatic carbocycles. The van der Waals surface area contributed by atoms with Crippen molar-refractivity contribution in [2.24, 2.45) is 11.8 Å². The third kappa shape index (κ3) is 5.05. The van der Waals surface area contributed by atoms with E-state index in [1.807, 2.05) is 6.07 Å². The Morgan fingerprint density at radius 2 is 1.72 bits per heavy atom. The molecule has 0 amide bonds. The summed E-state index contributed by atoms with van der Waals surface area (Å²) in [4.78, 5) is 0. The summed E-state index contributed by atoms with van der Waals surface area (Å²) in [5.41, 5.74) is 2.60. The summed E-state index contributed by atoms with van der Waals surface area (Å²) in [7, 11) is 0. The van der Waals surface area contributed by atoms with Gasteiger partial charge in [0, 0.05) is 5.92 Å². The minimum Gasteiger partial charge on any atom is -0.373 e. The van der Waals surface area contributed by atoms with E-state index in [0.717, 1.165) is 0 Å². The zero-order valence-electron chi connectivity index (χ0n) is 12.3. The second-order valence-electron chi connectivity index (χ2n) is 5.61. The molecule has 100 valence electrons. The minimum absolute atomic E-state index is 0.278. The lowest BCUT2D eigenvalue weighted by atomic mass is 9.93. The highest BCUT2D eigenvalue weighted by Crippen LogP contribution is 2.20. The van der Waals surface area contributed by atoms with Gasteiger partial charge in [-0.25, -0.2) is 0 Å². The lowest BCUT2D eigenvalue weighted by Crippen LogP contribution is -2.26. The van der Waals surface area contributed by atoms with Crippen LogP contribution in [-0.4, -0.2) is 6.10 Å². The van der Waals surface area contributed by atoms with Crippen molar-refractivity contribution in [2.75, 3.05) is 0 Å². The number of ether oxygens (including phenoxy) is 1. The van der Waals surface area contributed by atoms with E-state index >= 15 is 0 Å². The third-order valence-electron chi connectivity index (χ3n) is 3.06. The molecular weight excluding hydrogens is 220 g/mol. The molecule has 2 atom stereocenters. The quantitative estimate of drug-likeness (QED) is 0.653. The van der Waals surface area contributed by atoms with Gasteiger partial charge in [-0.3, -0.25) is 0 Å². The zero-order valence-corrected chi connectivity index (χ0v) is 12.3. The molecular formula is C17H26O. The van der Waals surface area contributed by atoms with Gasteiger partial charge in [-0.05, 0) is 25.3 Å². The Hall–Kier alpha value is -1.08. The van der Waals surface area contributed by atoms with Gasteiger partial charge in [0.05, 0.1) is 12.7 Å². The monoisotopic (exact) mass is 246 g/mol. The molecule has 18 heavy (non-hydrogen) atoms. The van der Waals surface area contributed by atoms with Crippen LogP contribution in [0.2, 0.25) is 0 Å². The van der Waals surface area contributed by atoms with Crippen molar-refractivity contribution in [2.45, 2.75) is 47.3 Å². The molecule has 1 nitrogen and oxygen atoms in total. The smallest absolute Gasteiger partial charge is 0.0721 e. The molecule has 0 aliphatic carbocycles. The number of hydrogen-bond acceptors (Lipinski definition) is 1. The van der Waals surface area contributed by atoms with Crippen LogP contribution in [-0.2, 0) is 11.3 Å². The van der Waals surface area contributed by atoms with E-state index in [2.05, 4.69) is 65.0 Å². The van der Waals surface area contributed by atoms with Crippen molar-refractivity contribution in [1.29, 1.82) is 0 Å². The molecule has 0 saturated heterocycles. The van der Waals surface area contributed by atoms with E-state index < -0.39 is 0 Å². The Morgan fingerprint density at radius 1 is 1.11 bits per heavy atom. The van der Waals surface area contributed by atoms with Crippen molar-refractivity contribution in [3.8, 4) is 0 Å². The van der Waals surface area contributed by atoms with Crippen LogP contribution in [0.5, 0.6) is 0 Å². The van der Waals surface area contributed by atoms with Crippen molar-refractivity contribution in [1.82, 2.24) is 0 Å². The molecule has 0 fully saturated rings. The predicted octanol–water partition coefficient (Wildman–Crippen LogP) is 4.83. The molecule has 1 aromatic rings. The highest BCUT2D eigenvalue weighted by atomic mass is 16.5. The van der Waals surface area contributed by atoms with Crippen LogP contribution in [0.1, 0.15) is 40.2 Å². The second-order valence-corrected chi connectivity index (χ2v) is 5.61. The number of benzene rings is 1. The molecule has 0 aliphatic heterocycles. The van der Waals surface area contributed by atoms with Gasteiger partial charge in [0.2, 0.25) is 0 Å². The first-order valence-corrected chi connectivity index (χ1v) is 6.81. The summed E-state index contributed by atoms with van der Waals surface area (Å²) >= 11 is 0. The minimum atomic E-state index is 0.278. The summed E-state index contributed by atoms with van der Waals surface area (Å²) < 4.78 is 6.11. The molecule has 0 heterocycles. The Labute approximate surface area is 112 Å². The predicted molar refractivity (Wildman–Crippen MR) is 78.5 cm³/mol. The van der Waals surface area contributed by atoms with Crippen molar-refractivity contribution in [3.05, 3.63) is 47.5 Å². The van der Waals surface area contributed by atoms with E-state index in [-0.39, 0.29) is 6.10 Å². The van der Waals surface area contributed by atoms with Crippen molar-refractivity contribution >= 4 is 0 Å². The van der Waals surface area contributed by atoms with E-state index in [9.17, 15) is 0 Å². The first kappa shape index (κ1) is 15.0. The summed E-state index contributed by atoms with van der Waals surface area (Å²) in [5, 5.41) is 0. The fourth-order valence-corrected chi connectivity index (χ4v) is 2.34. The van der Waals surface area contributed by atoms with Gasteiger partial charge in [-0.2, -0.15) is 0 Å². The third-order valence-corrected chi connectivity index (χ3v) is 3.06. The first-order chi connectivity index (χ1) is 8.50. The van der Waals surface area contributed by atoms with Crippen LogP contribution >= 0.6 is 0 Å². The van der Waals surface area contributed by atoms with E-state index in [1.54, 1.807) is 0 Å². The fourth-order valence-electron chi connectivity index (χ4n) is 2.34. The summed E-state index contributed by atoms with van der Waals surface area (Å²) in [6.45, 7) is 11.7. The van der Waals surface area contributed by atoms with Gasteiger partial charge < -0.3 is 4.74 Å². The molecule has 0 aromatic heterocycles. The van der Waals surface area contributed by atoms with Gasteiger partial charge in [0.25, 0.3) is 0 Å². The number of hydrogen-bond donors (Lipinski definition) is 0. The summed E-state index contributed by atoms with van der Waals surface area (Å²) in [5.74, 6) is 0.984. The van der Waals surface area contributed by atoms with Crippen LogP contribution in [0.25, 0.3) is 0 Å². The Bertz CT molecular complexity index is 360. The van der Waals surface area contributed by atoms with E-state index in [0.29, 0.717) is 18.4 Å². The van der Waals surface area contributed by atoms with Crippen molar-refractivity contribution < 1.29 is 4.74 Å². The maximum Gasteiger partial charge on any atom is 0.0721 e. The average molecular weight is 246 g/mol. The molecule has 1 heteroatoms. The highest BCUT2D eigenvalue weighted by Gasteiger charge is 2.19. The molecule has 0 saturated carbocycles. The van der Waals surface area contributed by atoms with Gasteiger partial charge in [-0.1, -0.05) is 62.8 Å². The molecule has 0 aliphatic rings. The number of allylic oxidation sites excluding steroid dienone is 1. The molecule has 0 radical (unpaired) electrons. The Balaban J connectivity index is 2.61.